The highest BCUT2D eigenvalue weighted by Crippen LogP contribution is 2.39. The Balaban J connectivity index is 1.83. The van der Waals surface area contributed by atoms with Gasteiger partial charge in [-0.1, -0.05) is 30.3 Å². The van der Waals surface area contributed by atoms with Crippen LogP contribution in [0.2, 0.25) is 0 Å². The number of fused-ring (bicyclic) bond motifs is 2. The number of rotatable bonds is 0. The monoisotopic (exact) mass is 279 g/mol. The summed E-state index contributed by atoms with van der Waals surface area (Å²) in [6.45, 7) is 0. The van der Waals surface area contributed by atoms with Crippen molar-refractivity contribution in [3.63, 3.8) is 0 Å². The first-order valence-corrected chi connectivity index (χ1v) is 6.73. The minimum Gasteiger partial charge on any atom is -0.431 e. The molecule has 104 valence electrons. The minimum absolute atomic E-state index is 0.124. The molecule has 0 saturated heterocycles. The maximum Gasteiger partial charge on any atom is 0.362 e. The van der Waals surface area contributed by atoms with Gasteiger partial charge >= 0.3 is 5.91 Å². The summed E-state index contributed by atoms with van der Waals surface area (Å²) in [4.78, 5) is 14.0. The van der Waals surface area contributed by atoms with E-state index in [1.165, 1.54) is 4.90 Å². The number of likely N-dealkylation sites (N-methyl/N-ethyl adjacent to an activating group) is 1. The zero-order valence-corrected chi connectivity index (χ0v) is 11.4. The Morgan fingerprint density at radius 2 is 1.62 bits per heavy atom. The van der Waals surface area contributed by atoms with Gasteiger partial charge in [-0.15, -0.1) is 0 Å². The summed E-state index contributed by atoms with van der Waals surface area (Å²) in [6.07, 6.45) is 3.68. The lowest BCUT2D eigenvalue weighted by Crippen LogP contribution is -2.60. The lowest BCUT2D eigenvalue weighted by molar-refractivity contribution is -0.166. The molecule has 0 saturated carbocycles. The largest absolute Gasteiger partial charge is 0.431 e. The van der Waals surface area contributed by atoms with Crippen molar-refractivity contribution in [1.82, 2.24) is 4.90 Å². The predicted molar refractivity (Wildman–Crippen MR) is 78.0 cm³/mol. The normalized spacial score (nSPS) is 22.3. The molecule has 2 aromatic rings. The van der Waals surface area contributed by atoms with Gasteiger partial charge in [-0.05, 0) is 24.3 Å². The van der Waals surface area contributed by atoms with E-state index in [-0.39, 0.29) is 5.91 Å². The molecule has 1 amide bonds. The van der Waals surface area contributed by atoms with E-state index in [1.807, 2.05) is 42.5 Å². The average Bonchev–Trinajstić information content (AvgIpc) is 2.53. The lowest BCUT2D eigenvalue weighted by atomic mass is 10.1. The molecule has 2 aliphatic heterocycles. The molecule has 4 rings (SSSR count). The number of carbonyl (C=O) groups excluding carboxylic acids is 1. The number of para-hydroxylation sites is 2. The lowest BCUT2D eigenvalue weighted by Gasteiger charge is -2.43. The van der Waals surface area contributed by atoms with E-state index in [1.54, 1.807) is 25.3 Å². The molecule has 2 aromatic carbocycles. The average molecular weight is 279 g/mol. The highest BCUT2D eigenvalue weighted by molar-refractivity contribution is 5.98. The van der Waals surface area contributed by atoms with Crippen LogP contribution in [-0.4, -0.2) is 23.8 Å². The van der Waals surface area contributed by atoms with E-state index in [0.717, 1.165) is 5.56 Å². The van der Waals surface area contributed by atoms with Crippen LogP contribution in [-0.2, 0) is 0 Å². The third-order valence-electron chi connectivity index (χ3n) is 3.79. The van der Waals surface area contributed by atoms with Crippen molar-refractivity contribution < 1.29 is 14.3 Å². The zero-order valence-electron chi connectivity index (χ0n) is 11.4. The Hall–Kier alpha value is -2.75. The summed E-state index contributed by atoms with van der Waals surface area (Å²) in [5, 5.41) is 0. The number of ether oxygens (including phenoxy) is 2. The van der Waals surface area contributed by atoms with Crippen molar-refractivity contribution in [3.8, 4) is 11.5 Å². The molecule has 0 radical (unpaired) electrons. The number of hydrogen-bond donors (Lipinski definition) is 0. The predicted octanol–water partition coefficient (Wildman–Crippen LogP) is 2.91. The molecule has 2 aliphatic rings. The van der Waals surface area contributed by atoms with Crippen LogP contribution < -0.4 is 9.47 Å². The maximum absolute atomic E-state index is 12.5. The summed E-state index contributed by atoms with van der Waals surface area (Å²) in [6, 6.07) is 14.8. The Morgan fingerprint density at radius 1 is 0.952 bits per heavy atom. The van der Waals surface area contributed by atoms with Gasteiger partial charge in [0.2, 0.25) is 0 Å². The van der Waals surface area contributed by atoms with E-state index in [4.69, 9.17) is 9.47 Å². The van der Waals surface area contributed by atoms with Gasteiger partial charge < -0.3 is 9.47 Å². The van der Waals surface area contributed by atoms with Gasteiger partial charge in [-0.3, -0.25) is 9.69 Å². The maximum atomic E-state index is 12.5. The fraction of sp³-hybridized carbons (Fsp3) is 0.118. The number of benzene rings is 2. The Morgan fingerprint density at radius 3 is 2.48 bits per heavy atom. The van der Waals surface area contributed by atoms with Crippen molar-refractivity contribution >= 4 is 12.0 Å². The van der Waals surface area contributed by atoms with Crippen molar-refractivity contribution in [2.45, 2.75) is 5.91 Å². The molecule has 0 aromatic heterocycles. The highest BCUT2D eigenvalue weighted by Gasteiger charge is 2.47. The summed E-state index contributed by atoms with van der Waals surface area (Å²) in [7, 11) is 1.68. The van der Waals surface area contributed by atoms with Crippen molar-refractivity contribution in [1.29, 1.82) is 0 Å². The fourth-order valence-electron chi connectivity index (χ4n) is 2.61. The smallest absolute Gasteiger partial charge is 0.362 e. The topological polar surface area (TPSA) is 38.8 Å². The van der Waals surface area contributed by atoms with Crippen LogP contribution in [0.5, 0.6) is 11.5 Å². The first-order chi connectivity index (χ1) is 10.2. The van der Waals surface area contributed by atoms with Crippen molar-refractivity contribution in [3.05, 3.63) is 65.7 Å². The van der Waals surface area contributed by atoms with E-state index in [2.05, 4.69) is 0 Å². The van der Waals surface area contributed by atoms with Crippen LogP contribution in [0.25, 0.3) is 6.08 Å². The van der Waals surface area contributed by atoms with Gasteiger partial charge in [0.05, 0.1) is 5.56 Å². The molecular weight excluding hydrogens is 266 g/mol. The molecule has 0 unspecified atom stereocenters. The SMILES string of the molecule is CN1C(=O)c2ccccc2O[C@]12C=Cc1ccccc1O2. The quantitative estimate of drug-likeness (QED) is 0.744. The minimum atomic E-state index is -1.22. The van der Waals surface area contributed by atoms with E-state index >= 15 is 0 Å². The molecule has 4 nitrogen and oxygen atoms in total. The third kappa shape index (κ3) is 1.65. The van der Waals surface area contributed by atoms with Gasteiger partial charge in [0.25, 0.3) is 5.91 Å². The van der Waals surface area contributed by atoms with Gasteiger partial charge in [0.1, 0.15) is 11.5 Å². The van der Waals surface area contributed by atoms with Crippen molar-refractivity contribution in [2.24, 2.45) is 0 Å². The summed E-state index contributed by atoms with van der Waals surface area (Å²) in [5.41, 5.74) is 1.51. The summed E-state index contributed by atoms with van der Waals surface area (Å²) in [5.74, 6) is -0.121. The Labute approximate surface area is 122 Å². The first kappa shape index (κ1) is 12.0. The van der Waals surface area contributed by atoms with Crippen LogP contribution >= 0.6 is 0 Å². The number of carbonyl (C=O) groups is 1. The Bertz CT molecular complexity index is 768. The second-order valence-electron chi connectivity index (χ2n) is 5.07. The second kappa shape index (κ2) is 4.12. The number of amides is 1. The molecule has 0 fully saturated rings. The van der Waals surface area contributed by atoms with E-state index in [9.17, 15) is 4.79 Å². The Kier molecular flexibility index (Phi) is 2.36. The molecule has 0 N–H and O–H groups in total. The fourth-order valence-corrected chi connectivity index (χ4v) is 2.61. The van der Waals surface area contributed by atoms with E-state index in [0.29, 0.717) is 17.1 Å². The standard InChI is InChI=1S/C17H13NO3/c1-18-16(19)13-7-3-5-9-15(13)21-17(18)11-10-12-6-2-4-8-14(12)20-17/h2-11H,1H3/t17-/m1/s1. The molecule has 0 bridgehead atoms. The second-order valence-corrected chi connectivity index (χ2v) is 5.07. The zero-order chi connectivity index (χ0) is 14.4. The van der Waals surface area contributed by atoms with Gasteiger partial charge in [0, 0.05) is 18.7 Å². The molecule has 4 heteroatoms. The van der Waals surface area contributed by atoms with E-state index < -0.39 is 5.91 Å². The summed E-state index contributed by atoms with van der Waals surface area (Å²) >= 11 is 0. The van der Waals surface area contributed by atoms with Gasteiger partial charge in [-0.25, -0.2) is 0 Å². The highest BCUT2D eigenvalue weighted by atomic mass is 16.7. The first-order valence-electron chi connectivity index (χ1n) is 6.73. The molecule has 0 aliphatic carbocycles. The summed E-state index contributed by atoms with van der Waals surface area (Å²) < 4.78 is 12.0. The molecule has 1 atom stereocenters. The van der Waals surface area contributed by atoms with Crippen LogP contribution in [0.15, 0.2) is 54.6 Å². The van der Waals surface area contributed by atoms with Crippen LogP contribution in [0.4, 0.5) is 0 Å². The molecule has 2 heterocycles. The number of hydrogen-bond acceptors (Lipinski definition) is 3. The molecule has 21 heavy (non-hydrogen) atoms. The van der Waals surface area contributed by atoms with Crippen LogP contribution in [0, 0.1) is 0 Å². The van der Waals surface area contributed by atoms with Crippen LogP contribution in [0.3, 0.4) is 0 Å². The molecular formula is C17H13NO3. The van der Waals surface area contributed by atoms with Crippen molar-refractivity contribution in [2.75, 3.05) is 7.05 Å². The third-order valence-corrected chi connectivity index (χ3v) is 3.79. The number of nitrogens with zero attached hydrogens (tertiary/aromatic N) is 1. The van der Waals surface area contributed by atoms with Gasteiger partial charge in [0.15, 0.2) is 0 Å². The molecule has 1 spiro atoms. The van der Waals surface area contributed by atoms with Crippen LogP contribution in [0.1, 0.15) is 15.9 Å². The van der Waals surface area contributed by atoms with Gasteiger partial charge in [-0.2, -0.15) is 0 Å².